The maximum absolute atomic E-state index is 6.32. The minimum absolute atomic E-state index is 0.432. The zero-order valence-electron chi connectivity index (χ0n) is 13.2. The van der Waals surface area contributed by atoms with Gasteiger partial charge < -0.3 is 10.6 Å². The maximum Gasteiger partial charge on any atom is 0.00795 e. The smallest absolute Gasteiger partial charge is 0.00795 e. The van der Waals surface area contributed by atoms with Gasteiger partial charge in [-0.2, -0.15) is 0 Å². The van der Waals surface area contributed by atoms with Crippen LogP contribution in [0, 0.1) is 23.7 Å². The van der Waals surface area contributed by atoms with Crippen LogP contribution in [0.4, 0.5) is 0 Å². The van der Waals surface area contributed by atoms with E-state index in [1.54, 1.807) is 0 Å². The first-order valence-electron chi connectivity index (χ1n) is 7.84. The molecule has 1 rings (SSSR count). The van der Waals surface area contributed by atoms with Crippen molar-refractivity contribution in [1.82, 2.24) is 4.90 Å². The average Bonchev–Trinajstić information content (AvgIpc) is 2.29. The monoisotopic (exact) mass is 254 g/mol. The molecule has 1 saturated carbocycles. The summed E-state index contributed by atoms with van der Waals surface area (Å²) >= 11 is 0. The Hall–Kier alpha value is -0.0800. The van der Waals surface area contributed by atoms with Crippen LogP contribution in [0.15, 0.2) is 0 Å². The molecule has 0 spiro atoms. The molecule has 1 aliphatic rings. The fraction of sp³-hybridized carbons (Fsp3) is 1.00. The Kier molecular flexibility index (Phi) is 6.65. The molecule has 0 bridgehead atoms. The Morgan fingerprint density at radius 3 is 2.39 bits per heavy atom. The number of rotatable bonds is 6. The van der Waals surface area contributed by atoms with Crippen LogP contribution in [-0.4, -0.2) is 31.1 Å². The predicted molar refractivity (Wildman–Crippen MR) is 80.6 cm³/mol. The zero-order chi connectivity index (χ0) is 13.7. The largest absolute Gasteiger partial charge is 0.327 e. The Labute approximate surface area is 114 Å². The molecule has 0 aromatic rings. The molecule has 3 unspecified atom stereocenters. The van der Waals surface area contributed by atoms with Gasteiger partial charge in [-0.3, -0.25) is 0 Å². The van der Waals surface area contributed by atoms with Gasteiger partial charge in [-0.05, 0) is 62.9 Å². The summed E-state index contributed by atoms with van der Waals surface area (Å²) < 4.78 is 0. The maximum atomic E-state index is 6.32. The van der Waals surface area contributed by atoms with E-state index in [0.717, 1.165) is 17.8 Å². The molecule has 0 saturated heterocycles. The summed E-state index contributed by atoms with van der Waals surface area (Å²) in [5, 5.41) is 0. The van der Waals surface area contributed by atoms with Crippen molar-refractivity contribution in [2.75, 3.05) is 20.1 Å². The van der Waals surface area contributed by atoms with E-state index in [1.807, 2.05) is 0 Å². The second-order valence-corrected chi connectivity index (χ2v) is 7.19. The van der Waals surface area contributed by atoms with Crippen LogP contribution >= 0.6 is 0 Å². The van der Waals surface area contributed by atoms with Gasteiger partial charge in [-0.25, -0.2) is 0 Å². The van der Waals surface area contributed by atoms with Crippen LogP contribution in [0.25, 0.3) is 0 Å². The highest BCUT2D eigenvalue weighted by Crippen LogP contribution is 2.33. The van der Waals surface area contributed by atoms with Gasteiger partial charge in [0.1, 0.15) is 0 Å². The molecular weight excluding hydrogens is 220 g/mol. The molecule has 0 amide bonds. The quantitative estimate of drug-likeness (QED) is 0.787. The number of nitrogens with two attached hydrogens (primary N) is 1. The van der Waals surface area contributed by atoms with Crippen molar-refractivity contribution in [3.05, 3.63) is 0 Å². The third kappa shape index (κ3) is 5.27. The van der Waals surface area contributed by atoms with Gasteiger partial charge >= 0.3 is 0 Å². The average molecular weight is 254 g/mol. The molecule has 0 aliphatic heterocycles. The van der Waals surface area contributed by atoms with Gasteiger partial charge in [0.15, 0.2) is 0 Å². The van der Waals surface area contributed by atoms with Crippen molar-refractivity contribution in [3.63, 3.8) is 0 Å². The lowest BCUT2D eigenvalue weighted by Crippen LogP contribution is -2.43. The van der Waals surface area contributed by atoms with Crippen LogP contribution in [0.1, 0.15) is 53.4 Å². The van der Waals surface area contributed by atoms with E-state index in [4.69, 9.17) is 5.73 Å². The third-order valence-corrected chi connectivity index (χ3v) is 4.66. The summed E-state index contributed by atoms with van der Waals surface area (Å²) in [4.78, 5) is 2.49. The predicted octanol–water partition coefficient (Wildman–Crippen LogP) is 3.36. The minimum atomic E-state index is 0.432. The van der Waals surface area contributed by atoms with Gasteiger partial charge in [0, 0.05) is 12.6 Å². The molecule has 2 nitrogen and oxygen atoms in total. The molecule has 0 aromatic carbocycles. The first-order valence-corrected chi connectivity index (χ1v) is 7.84. The molecule has 1 fully saturated rings. The van der Waals surface area contributed by atoms with E-state index in [-0.39, 0.29) is 0 Å². The van der Waals surface area contributed by atoms with E-state index in [1.165, 1.54) is 38.8 Å². The summed E-state index contributed by atoms with van der Waals surface area (Å²) in [7, 11) is 2.26. The zero-order valence-corrected chi connectivity index (χ0v) is 13.2. The van der Waals surface area contributed by atoms with E-state index in [9.17, 15) is 0 Å². The minimum Gasteiger partial charge on any atom is -0.327 e. The number of nitrogens with zero attached hydrogens (tertiary/aromatic N) is 1. The second-order valence-electron chi connectivity index (χ2n) is 7.19. The van der Waals surface area contributed by atoms with Crippen LogP contribution in [0.2, 0.25) is 0 Å². The molecule has 2 heteroatoms. The molecule has 2 N–H and O–H groups in total. The summed E-state index contributed by atoms with van der Waals surface area (Å²) in [6, 6.07) is 0.432. The first kappa shape index (κ1) is 16.0. The topological polar surface area (TPSA) is 29.3 Å². The molecule has 108 valence electrons. The van der Waals surface area contributed by atoms with E-state index < -0.39 is 0 Å². The Bertz CT molecular complexity index is 225. The van der Waals surface area contributed by atoms with Crippen LogP contribution in [-0.2, 0) is 0 Å². The van der Waals surface area contributed by atoms with Crippen molar-refractivity contribution in [2.24, 2.45) is 29.4 Å². The Morgan fingerprint density at radius 1 is 1.17 bits per heavy atom. The Morgan fingerprint density at radius 2 is 1.83 bits per heavy atom. The highest BCUT2D eigenvalue weighted by Gasteiger charge is 2.30. The molecule has 3 atom stereocenters. The van der Waals surface area contributed by atoms with Crippen molar-refractivity contribution >= 4 is 0 Å². The van der Waals surface area contributed by atoms with Crippen molar-refractivity contribution in [2.45, 2.75) is 59.4 Å². The standard InChI is InChI=1S/C16H34N2/c1-12(2)8-9-18(5)11-15-10-14(13(3)4)6-7-16(15)17/h12-16H,6-11,17H2,1-5H3. The summed E-state index contributed by atoms with van der Waals surface area (Å²) in [5.74, 6) is 3.23. The third-order valence-electron chi connectivity index (χ3n) is 4.66. The first-order chi connectivity index (χ1) is 8.40. The molecule has 0 aromatic heterocycles. The van der Waals surface area contributed by atoms with Crippen molar-refractivity contribution < 1.29 is 0 Å². The van der Waals surface area contributed by atoms with Crippen LogP contribution in [0.3, 0.4) is 0 Å². The lowest BCUT2D eigenvalue weighted by atomic mass is 9.74. The molecule has 0 heterocycles. The van der Waals surface area contributed by atoms with Crippen molar-refractivity contribution in [1.29, 1.82) is 0 Å². The van der Waals surface area contributed by atoms with Gasteiger partial charge in [-0.15, -0.1) is 0 Å². The normalized spacial score (nSPS) is 29.5. The molecule has 1 aliphatic carbocycles. The number of hydrogen-bond acceptors (Lipinski definition) is 2. The summed E-state index contributed by atoms with van der Waals surface area (Å²) in [6.45, 7) is 11.7. The fourth-order valence-electron chi connectivity index (χ4n) is 3.11. The fourth-order valence-corrected chi connectivity index (χ4v) is 3.11. The van der Waals surface area contributed by atoms with Gasteiger partial charge in [0.2, 0.25) is 0 Å². The summed E-state index contributed by atoms with van der Waals surface area (Å²) in [5.41, 5.74) is 6.32. The highest BCUT2D eigenvalue weighted by molar-refractivity contribution is 4.85. The van der Waals surface area contributed by atoms with Crippen molar-refractivity contribution in [3.8, 4) is 0 Å². The van der Waals surface area contributed by atoms with E-state index in [2.05, 4.69) is 39.6 Å². The van der Waals surface area contributed by atoms with Crippen LogP contribution in [0.5, 0.6) is 0 Å². The summed E-state index contributed by atoms with van der Waals surface area (Å²) in [6.07, 6.45) is 5.20. The highest BCUT2D eigenvalue weighted by atomic mass is 15.1. The molecule has 0 radical (unpaired) electrons. The van der Waals surface area contributed by atoms with E-state index in [0.29, 0.717) is 12.0 Å². The molecular formula is C16H34N2. The van der Waals surface area contributed by atoms with Gasteiger partial charge in [0.25, 0.3) is 0 Å². The SMILES string of the molecule is CC(C)CCN(C)CC1CC(C(C)C)CCC1N. The van der Waals surface area contributed by atoms with Gasteiger partial charge in [-0.1, -0.05) is 27.7 Å². The van der Waals surface area contributed by atoms with E-state index >= 15 is 0 Å². The second kappa shape index (κ2) is 7.49. The molecule has 18 heavy (non-hydrogen) atoms. The van der Waals surface area contributed by atoms with Crippen LogP contribution < -0.4 is 5.73 Å². The number of hydrogen-bond donors (Lipinski definition) is 1. The Balaban J connectivity index is 2.38. The lowest BCUT2D eigenvalue weighted by Gasteiger charge is -2.38. The van der Waals surface area contributed by atoms with Gasteiger partial charge in [0.05, 0.1) is 0 Å². The lowest BCUT2D eigenvalue weighted by molar-refractivity contribution is 0.147.